The average molecular weight is 566 g/mol. The number of carbonyl (C=O) groups excluding carboxylic acids is 5. The van der Waals surface area contributed by atoms with Gasteiger partial charge in [-0.3, -0.25) is 19.2 Å². The molecular weight excluding hydrogens is 526 g/mol. The van der Waals surface area contributed by atoms with Crippen molar-refractivity contribution in [1.82, 2.24) is 10.6 Å². The second-order valence-electron chi connectivity index (χ2n) is 10.4. The molecule has 3 unspecified atom stereocenters. The van der Waals surface area contributed by atoms with Crippen LogP contribution >= 0.6 is 0 Å². The zero-order valence-electron chi connectivity index (χ0n) is 23.8. The minimum atomic E-state index is -0.741. The highest BCUT2D eigenvalue weighted by Gasteiger charge is 2.29. The van der Waals surface area contributed by atoms with E-state index in [1.165, 1.54) is 6.92 Å². The van der Waals surface area contributed by atoms with Gasteiger partial charge in [0.05, 0.1) is 12.1 Å². The summed E-state index contributed by atoms with van der Waals surface area (Å²) in [4.78, 5) is 60.6. The van der Waals surface area contributed by atoms with Crippen LogP contribution in [0.1, 0.15) is 57.1 Å². The summed E-state index contributed by atoms with van der Waals surface area (Å²) in [5.41, 5.74) is 10.00. The number of hydrogen-bond donors (Lipinski definition) is 3. The number of rotatable bonds is 16. The van der Waals surface area contributed by atoms with Crippen molar-refractivity contribution in [3.05, 3.63) is 59.7 Å². The molecule has 0 bridgehead atoms. The summed E-state index contributed by atoms with van der Waals surface area (Å²) in [6, 6.07) is 14.6. The van der Waals surface area contributed by atoms with Crippen molar-refractivity contribution in [2.24, 2.45) is 11.7 Å². The van der Waals surface area contributed by atoms with Crippen LogP contribution in [0.5, 0.6) is 0 Å². The van der Waals surface area contributed by atoms with Crippen molar-refractivity contribution in [3.63, 3.8) is 0 Å². The third-order valence-corrected chi connectivity index (χ3v) is 7.00. The Morgan fingerprint density at radius 3 is 2.10 bits per heavy atom. The first-order valence-corrected chi connectivity index (χ1v) is 13.9. The molecule has 10 nitrogen and oxygen atoms in total. The molecule has 2 aromatic carbocycles. The number of fused-ring (bicyclic) bond motifs is 3. The number of amides is 2. The fraction of sp³-hybridized carbons (Fsp3) is 0.452. The van der Waals surface area contributed by atoms with E-state index in [2.05, 4.69) is 22.8 Å². The third-order valence-electron chi connectivity index (χ3n) is 7.00. The van der Waals surface area contributed by atoms with E-state index in [1.807, 2.05) is 36.4 Å². The SMILES string of the molecule is CC(N)C(=O)NC(C)C(=O)CC(C)C(=O)NCCCC(=O)COCC(=O)OCC1c2ccccc2-c2ccccc21. The summed E-state index contributed by atoms with van der Waals surface area (Å²) < 4.78 is 10.7. The fourth-order valence-electron chi connectivity index (χ4n) is 4.65. The Hall–Kier alpha value is -3.89. The van der Waals surface area contributed by atoms with Crippen LogP contribution in [0.3, 0.4) is 0 Å². The topological polar surface area (TPSA) is 154 Å². The monoisotopic (exact) mass is 565 g/mol. The number of Topliss-reactive ketones (excluding diaryl/α,β-unsaturated/α-hetero) is 2. The van der Waals surface area contributed by atoms with Crippen molar-refractivity contribution < 1.29 is 33.4 Å². The lowest BCUT2D eigenvalue weighted by molar-refractivity contribution is -0.150. The molecule has 1 aliphatic carbocycles. The number of nitrogens with two attached hydrogens (primary N) is 1. The Morgan fingerprint density at radius 1 is 0.878 bits per heavy atom. The van der Waals surface area contributed by atoms with Gasteiger partial charge in [0.1, 0.15) is 19.8 Å². The van der Waals surface area contributed by atoms with Crippen LogP contribution in [0.25, 0.3) is 11.1 Å². The van der Waals surface area contributed by atoms with Crippen LogP contribution in [-0.4, -0.2) is 67.8 Å². The van der Waals surface area contributed by atoms with E-state index in [-0.39, 0.29) is 62.6 Å². The van der Waals surface area contributed by atoms with Crippen molar-refractivity contribution >= 4 is 29.4 Å². The fourth-order valence-corrected chi connectivity index (χ4v) is 4.65. The van der Waals surface area contributed by atoms with Crippen LogP contribution < -0.4 is 16.4 Å². The number of ketones is 2. The molecule has 3 rings (SSSR count). The molecule has 41 heavy (non-hydrogen) atoms. The largest absolute Gasteiger partial charge is 0.463 e. The number of esters is 1. The highest BCUT2D eigenvalue weighted by Crippen LogP contribution is 2.44. The molecular formula is C31H39N3O7. The van der Waals surface area contributed by atoms with E-state index in [1.54, 1.807) is 13.8 Å². The van der Waals surface area contributed by atoms with Crippen LogP contribution in [0.15, 0.2) is 48.5 Å². The molecule has 220 valence electrons. The Bertz CT molecular complexity index is 1210. The van der Waals surface area contributed by atoms with Gasteiger partial charge < -0.3 is 25.8 Å². The zero-order chi connectivity index (χ0) is 29.9. The van der Waals surface area contributed by atoms with Crippen molar-refractivity contribution in [3.8, 4) is 11.1 Å². The molecule has 0 radical (unpaired) electrons. The number of benzene rings is 2. The van der Waals surface area contributed by atoms with Gasteiger partial charge in [-0.25, -0.2) is 4.79 Å². The second kappa shape index (κ2) is 15.2. The Morgan fingerprint density at radius 2 is 1.49 bits per heavy atom. The molecule has 0 saturated heterocycles. The molecule has 0 aromatic heterocycles. The van der Waals surface area contributed by atoms with Crippen LogP contribution in [-0.2, 0) is 33.4 Å². The average Bonchev–Trinajstić information content (AvgIpc) is 3.27. The molecule has 3 atom stereocenters. The number of carbonyl (C=O) groups is 5. The van der Waals surface area contributed by atoms with Gasteiger partial charge in [0, 0.05) is 31.2 Å². The van der Waals surface area contributed by atoms with Gasteiger partial charge in [-0.2, -0.15) is 0 Å². The van der Waals surface area contributed by atoms with Gasteiger partial charge in [-0.05, 0) is 42.5 Å². The summed E-state index contributed by atoms with van der Waals surface area (Å²) >= 11 is 0. The predicted molar refractivity (Wildman–Crippen MR) is 153 cm³/mol. The summed E-state index contributed by atoms with van der Waals surface area (Å²) in [5, 5.41) is 5.22. The summed E-state index contributed by atoms with van der Waals surface area (Å²) in [5.74, 6) is -2.40. The van der Waals surface area contributed by atoms with Gasteiger partial charge in [-0.15, -0.1) is 0 Å². The van der Waals surface area contributed by atoms with Crippen LogP contribution in [0.2, 0.25) is 0 Å². The predicted octanol–water partition coefficient (Wildman–Crippen LogP) is 2.27. The van der Waals surface area contributed by atoms with Gasteiger partial charge in [0.15, 0.2) is 11.6 Å². The molecule has 10 heteroatoms. The Balaban J connectivity index is 1.28. The maximum absolute atomic E-state index is 12.3. The van der Waals surface area contributed by atoms with Gasteiger partial charge in [0.25, 0.3) is 0 Å². The molecule has 0 heterocycles. The first kappa shape index (κ1) is 31.6. The zero-order valence-corrected chi connectivity index (χ0v) is 23.8. The van der Waals surface area contributed by atoms with E-state index in [9.17, 15) is 24.0 Å². The quantitative estimate of drug-likeness (QED) is 0.207. The van der Waals surface area contributed by atoms with Crippen LogP contribution in [0.4, 0.5) is 0 Å². The molecule has 1 aliphatic rings. The first-order valence-electron chi connectivity index (χ1n) is 13.9. The second-order valence-corrected chi connectivity index (χ2v) is 10.4. The number of hydrogen-bond acceptors (Lipinski definition) is 8. The van der Waals surface area contributed by atoms with E-state index in [0.717, 1.165) is 22.3 Å². The van der Waals surface area contributed by atoms with E-state index in [4.69, 9.17) is 15.2 Å². The lowest BCUT2D eigenvalue weighted by Gasteiger charge is -2.17. The molecule has 0 spiro atoms. The van der Waals surface area contributed by atoms with E-state index >= 15 is 0 Å². The highest BCUT2D eigenvalue weighted by molar-refractivity contribution is 5.93. The summed E-state index contributed by atoms with van der Waals surface area (Å²) in [7, 11) is 0. The van der Waals surface area contributed by atoms with Crippen molar-refractivity contribution in [2.45, 2.75) is 58.0 Å². The lowest BCUT2D eigenvalue weighted by Crippen LogP contribution is -2.46. The van der Waals surface area contributed by atoms with Gasteiger partial charge >= 0.3 is 5.97 Å². The highest BCUT2D eigenvalue weighted by atomic mass is 16.6. The Kier molecular flexibility index (Phi) is 11.7. The number of nitrogens with one attached hydrogen (secondary N) is 2. The Labute approximate surface area is 240 Å². The van der Waals surface area contributed by atoms with E-state index in [0.29, 0.717) is 6.42 Å². The number of ether oxygens (including phenoxy) is 2. The molecule has 0 saturated carbocycles. The minimum absolute atomic E-state index is 0.0329. The molecule has 2 amide bonds. The lowest BCUT2D eigenvalue weighted by atomic mass is 9.98. The molecule has 0 fully saturated rings. The van der Waals surface area contributed by atoms with Crippen molar-refractivity contribution in [1.29, 1.82) is 0 Å². The smallest absolute Gasteiger partial charge is 0.332 e. The third kappa shape index (κ3) is 9.06. The summed E-state index contributed by atoms with van der Waals surface area (Å²) in [6.07, 6.45) is 0.522. The maximum Gasteiger partial charge on any atom is 0.332 e. The standard InChI is InChI=1S/C31H39N3O7/c1-19(15-28(36)21(3)34-31(39)20(2)32)30(38)33-14-8-9-22(35)16-40-18-29(37)41-17-27-25-12-6-4-10-23(25)24-11-5-7-13-26(24)27/h4-7,10-13,19-21,27H,8-9,14-18,32H2,1-3H3,(H,33,38)(H,34,39). The molecule has 0 aliphatic heterocycles. The van der Waals surface area contributed by atoms with Crippen LogP contribution in [0, 0.1) is 5.92 Å². The van der Waals surface area contributed by atoms with Gasteiger partial charge in [0.2, 0.25) is 11.8 Å². The maximum atomic E-state index is 12.3. The van der Waals surface area contributed by atoms with Gasteiger partial charge in [-0.1, -0.05) is 55.5 Å². The van der Waals surface area contributed by atoms with E-state index < -0.39 is 29.9 Å². The normalized spacial score (nSPS) is 14.2. The van der Waals surface area contributed by atoms with Crippen molar-refractivity contribution in [2.75, 3.05) is 26.4 Å². The molecule has 2 aromatic rings. The minimum Gasteiger partial charge on any atom is -0.463 e. The summed E-state index contributed by atoms with van der Waals surface area (Å²) in [6.45, 7) is 4.58. The molecule has 4 N–H and O–H groups in total. The first-order chi connectivity index (χ1) is 19.6.